The smallest absolute Gasteiger partial charge is 0.329 e. The summed E-state index contributed by atoms with van der Waals surface area (Å²) in [6.07, 6.45) is 4.51. The second-order valence-corrected chi connectivity index (χ2v) is 13.2. The van der Waals surface area contributed by atoms with Gasteiger partial charge in [0.2, 0.25) is 17.7 Å². The van der Waals surface area contributed by atoms with Crippen LogP contribution in [0, 0.1) is 5.41 Å². The van der Waals surface area contributed by atoms with Crippen LogP contribution in [0.5, 0.6) is 5.75 Å². The third-order valence-electron chi connectivity index (χ3n) is 8.16. The van der Waals surface area contributed by atoms with Gasteiger partial charge in [0.1, 0.15) is 17.8 Å². The van der Waals surface area contributed by atoms with Crippen LogP contribution in [0.2, 0.25) is 0 Å². The maximum Gasteiger partial charge on any atom is 0.329 e. The minimum atomic E-state index is -0.784. The van der Waals surface area contributed by atoms with Crippen LogP contribution >= 0.6 is 21.6 Å². The number of methoxy groups -OCH3 is 1. The highest BCUT2D eigenvalue weighted by atomic mass is 33.1. The Morgan fingerprint density at radius 1 is 1.10 bits per heavy atom. The van der Waals surface area contributed by atoms with Crippen LogP contribution in [0.15, 0.2) is 24.3 Å². The van der Waals surface area contributed by atoms with Crippen LogP contribution in [-0.4, -0.2) is 90.6 Å². The molecular weight excluding hydrogens is 540 g/mol. The van der Waals surface area contributed by atoms with E-state index in [1.165, 1.54) is 28.7 Å². The van der Waals surface area contributed by atoms with Gasteiger partial charge in [0, 0.05) is 24.0 Å². The number of nitrogens with zero attached hydrogens (tertiary/aromatic N) is 1. The van der Waals surface area contributed by atoms with E-state index in [0.717, 1.165) is 31.4 Å². The average Bonchev–Trinajstić information content (AvgIpc) is 3.56. The number of nitrogens with one attached hydrogen (secondary N) is 3. The van der Waals surface area contributed by atoms with Gasteiger partial charge in [-0.05, 0) is 57.0 Å². The molecule has 214 valence electrons. The zero-order chi connectivity index (χ0) is 28.0. The van der Waals surface area contributed by atoms with Crippen LogP contribution in [0.4, 0.5) is 0 Å². The first-order valence-corrected chi connectivity index (χ1v) is 15.9. The Bertz CT molecular complexity index is 1050. The summed E-state index contributed by atoms with van der Waals surface area (Å²) in [5, 5.41) is 18.5. The molecule has 2 unspecified atom stereocenters. The molecule has 0 aromatic heterocycles. The van der Waals surface area contributed by atoms with E-state index in [4.69, 9.17) is 4.74 Å². The lowest BCUT2D eigenvalue weighted by molar-refractivity contribution is -0.146. The number of amides is 3. The normalized spacial score (nSPS) is 28.5. The van der Waals surface area contributed by atoms with Crippen molar-refractivity contribution >= 4 is 45.3 Å². The molecule has 1 aromatic rings. The molecule has 3 fully saturated rings. The number of hydrogen-bond acceptors (Lipinski definition) is 9. The second-order valence-electron chi connectivity index (χ2n) is 10.6. The van der Waals surface area contributed by atoms with Gasteiger partial charge in [-0.2, -0.15) is 0 Å². The number of phenolic OH excluding ortho intramolecular Hbond substituents is 1. The maximum atomic E-state index is 13.6. The van der Waals surface area contributed by atoms with Crippen molar-refractivity contribution < 1.29 is 29.0 Å². The van der Waals surface area contributed by atoms with Gasteiger partial charge in [-0.3, -0.25) is 19.3 Å². The topological polar surface area (TPSA) is 137 Å². The Balaban J connectivity index is 1.48. The predicted molar refractivity (Wildman–Crippen MR) is 151 cm³/mol. The van der Waals surface area contributed by atoms with E-state index in [9.17, 15) is 24.3 Å². The Morgan fingerprint density at radius 2 is 1.79 bits per heavy atom. The summed E-state index contributed by atoms with van der Waals surface area (Å²) in [6.45, 7) is 1.04. The molecule has 12 heteroatoms. The van der Waals surface area contributed by atoms with Crippen molar-refractivity contribution in [3.63, 3.8) is 0 Å². The molecule has 1 saturated carbocycles. The lowest BCUT2D eigenvalue weighted by Gasteiger charge is -2.30. The van der Waals surface area contributed by atoms with Crippen molar-refractivity contribution in [2.45, 2.75) is 62.6 Å². The number of rotatable bonds is 4. The summed E-state index contributed by atoms with van der Waals surface area (Å²) >= 11 is 0. The van der Waals surface area contributed by atoms with E-state index in [2.05, 4.69) is 16.0 Å². The first-order valence-electron chi connectivity index (χ1n) is 13.4. The van der Waals surface area contributed by atoms with Gasteiger partial charge in [0.05, 0.1) is 18.6 Å². The minimum Gasteiger partial charge on any atom is -0.508 e. The maximum absolute atomic E-state index is 13.6. The van der Waals surface area contributed by atoms with Gasteiger partial charge < -0.3 is 25.8 Å². The first kappa shape index (κ1) is 29.5. The lowest BCUT2D eigenvalue weighted by Crippen LogP contribution is -2.54. The summed E-state index contributed by atoms with van der Waals surface area (Å²) in [5.41, 5.74) is 0.336. The largest absolute Gasteiger partial charge is 0.508 e. The van der Waals surface area contributed by atoms with Crippen LogP contribution in [0.25, 0.3) is 0 Å². The number of likely N-dealkylation sites (tertiary alicyclic amines) is 1. The Morgan fingerprint density at radius 3 is 2.49 bits per heavy atom. The monoisotopic (exact) mass is 578 g/mol. The van der Waals surface area contributed by atoms with E-state index in [0.29, 0.717) is 31.6 Å². The van der Waals surface area contributed by atoms with E-state index >= 15 is 0 Å². The molecule has 3 aliphatic rings. The molecule has 2 heterocycles. The molecule has 4 rings (SSSR count). The fraction of sp³-hybridized carbons (Fsp3) is 0.630. The molecule has 1 aromatic carbocycles. The van der Waals surface area contributed by atoms with Crippen molar-refractivity contribution in [3.8, 4) is 5.75 Å². The highest BCUT2D eigenvalue weighted by Gasteiger charge is 2.43. The first-order chi connectivity index (χ1) is 18.7. The van der Waals surface area contributed by atoms with E-state index < -0.39 is 29.5 Å². The van der Waals surface area contributed by atoms with Crippen molar-refractivity contribution in [2.24, 2.45) is 5.41 Å². The van der Waals surface area contributed by atoms with Crippen LogP contribution in [0.1, 0.15) is 50.0 Å². The average molecular weight is 579 g/mol. The summed E-state index contributed by atoms with van der Waals surface area (Å²) in [4.78, 5) is 54.5. The number of hydrogen-bond donors (Lipinski definition) is 4. The Labute approximate surface area is 237 Å². The fourth-order valence-electron chi connectivity index (χ4n) is 5.89. The fourth-order valence-corrected chi connectivity index (χ4v) is 8.20. The van der Waals surface area contributed by atoms with Gasteiger partial charge in [-0.15, -0.1) is 0 Å². The van der Waals surface area contributed by atoms with Crippen molar-refractivity contribution in [3.05, 3.63) is 29.8 Å². The molecule has 1 spiro atoms. The number of carbonyl (C=O) groups is 4. The minimum absolute atomic E-state index is 0.0597. The highest BCUT2D eigenvalue weighted by Crippen LogP contribution is 2.41. The van der Waals surface area contributed by atoms with Crippen molar-refractivity contribution in [1.82, 2.24) is 20.9 Å². The third-order valence-corrected chi connectivity index (χ3v) is 10.6. The van der Waals surface area contributed by atoms with E-state index in [-0.39, 0.29) is 35.1 Å². The molecule has 10 nitrogen and oxygen atoms in total. The molecule has 4 N–H and O–H groups in total. The predicted octanol–water partition coefficient (Wildman–Crippen LogP) is 1.78. The summed E-state index contributed by atoms with van der Waals surface area (Å²) in [7, 11) is 5.93. The SMILES string of the molecule is COC(=O)[C@@H]1CSSCC(NC(=O)[C@@H]2C(c3ccc(O)cc3)CCN2C)C(=O)NCCC2(CCCC2)C(=O)N1. The highest BCUT2D eigenvalue weighted by molar-refractivity contribution is 8.76. The lowest BCUT2D eigenvalue weighted by atomic mass is 9.81. The van der Waals surface area contributed by atoms with Crippen LogP contribution in [-0.2, 0) is 23.9 Å². The molecule has 2 saturated heterocycles. The van der Waals surface area contributed by atoms with Gasteiger partial charge in [0.25, 0.3) is 0 Å². The van der Waals surface area contributed by atoms with Gasteiger partial charge in [-0.25, -0.2) is 4.79 Å². The number of ether oxygens (including phenoxy) is 1. The number of benzene rings is 1. The van der Waals surface area contributed by atoms with E-state index in [1.807, 2.05) is 24.1 Å². The molecule has 4 atom stereocenters. The quantitative estimate of drug-likeness (QED) is 0.311. The number of carbonyl (C=O) groups excluding carboxylic acids is 4. The van der Waals surface area contributed by atoms with Crippen molar-refractivity contribution in [1.29, 1.82) is 0 Å². The van der Waals surface area contributed by atoms with Gasteiger partial charge in [0.15, 0.2) is 0 Å². The Hall–Kier alpha value is -2.44. The van der Waals surface area contributed by atoms with Gasteiger partial charge in [-0.1, -0.05) is 46.6 Å². The third kappa shape index (κ3) is 7.01. The number of aromatic hydroxyl groups is 1. The molecule has 2 aliphatic heterocycles. The standard InChI is InChI=1S/C27H38N4O6S2/c1-31-14-9-19(17-5-7-18(32)8-6-17)22(31)24(34)29-20-15-38-39-16-21(25(35)37-2)30-26(36)27(10-3-4-11-27)12-13-28-23(20)33/h5-8,19-22,32H,3-4,9-16H2,1-2H3,(H,28,33)(H,29,34)(H,30,36)/t19?,20?,21-,22-/m0/s1. The zero-order valence-electron chi connectivity index (χ0n) is 22.4. The van der Waals surface area contributed by atoms with Crippen LogP contribution in [0.3, 0.4) is 0 Å². The molecule has 0 radical (unpaired) electrons. The summed E-state index contributed by atoms with van der Waals surface area (Å²) in [6, 6.07) is 4.91. The summed E-state index contributed by atoms with van der Waals surface area (Å²) in [5.74, 6) is -0.462. The number of likely N-dealkylation sites (N-methyl/N-ethyl adjacent to an activating group) is 1. The number of phenols is 1. The molecule has 0 bridgehead atoms. The van der Waals surface area contributed by atoms with Crippen LogP contribution < -0.4 is 16.0 Å². The molecule has 3 amide bonds. The molecule has 1 aliphatic carbocycles. The molecule has 39 heavy (non-hydrogen) atoms. The summed E-state index contributed by atoms with van der Waals surface area (Å²) < 4.78 is 4.93. The van der Waals surface area contributed by atoms with E-state index in [1.54, 1.807) is 12.1 Å². The van der Waals surface area contributed by atoms with Gasteiger partial charge >= 0.3 is 5.97 Å². The number of esters is 1. The molecular formula is C27H38N4O6S2. The zero-order valence-corrected chi connectivity index (χ0v) is 24.1. The second kappa shape index (κ2) is 13.3. The Kier molecular flexibility index (Phi) is 10.1. The van der Waals surface area contributed by atoms with Crippen molar-refractivity contribution in [2.75, 3.05) is 38.8 Å².